The van der Waals surface area contributed by atoms with E-state index in [1.165, 1.54) is 6.20 Å². The van der Waals surface area contributed by atoms with Crippen LogP contribution in [0.15, 0.2) is 48.9 Å². The molecule has 3 heterocycles. The Morgan fingerprint density at radius 1 is 1.07 bits per heavy atom. The summed E-state index contributed by atoms with van der Waals surface area (Å²) in [6.07, 6.45) is 8.64. The van der Waals surface area contributed by atoms with Crippen LogP contribution in [-0.2, 0) is 11.3 Å². The highest BCUT2D eigenvalue weighted by molar-refractivity contribution is 5.96. The SMILES string of the molecule is O=C(c1cnccn1)C1CC2CCCC(C1)N2C(=O)OCc1ccccc1. The van der Waals surface area contributed by atoms with Gasteiger partial charge in [0.1, 0.15) is 12.3 Å². The number of nitrogens with zero attached hydrogens (tertiary/aromatic N) is 3. The van der Waals surface area contributed by atoms with Crippen LogP contribution >= 0.6 is 0 Å². The summed E-state index contributed by atoms with van der Waals surface area (Å²) in [5.41, 5.74) is 1.39. The summed E-state index contributed by atoms with van der Waals surface area (Å²) in [7, 11) is 0. The first-order chi connectivity index (χ1) is 13.2. The summed E-state index contributed by atoms with van der Waals surface area (Å²) < 4.78 is 5.56. The van der Waals surface area contributed by atoms with Crippen molar-refractivity contribution in [3.8, 4) is 0 Å². The van der Waals surface area contributed by atoms with E-state index in [1.54, 1.807) is 12.4 Å². The van der Waals surface area contributed by atoms with Crippen LogP contribution in [0.1, 0.15) is 48.2 Å². The van der Waals surface area contributed by atoms with Crippen LogP contribution in [0.5, 0.6) is 0 Å². The number of piperidine rings is 2. The van der Waals surface area contributed by atoms with E-state index in [9.17, 15) is 9.59 Å². The number of carbonyl (C=O) groups is 2. The molecular formula is C21H23N3O3. The van der Waals surface area contributed by atoms with Gasteiger partial charge in [-0.25, -0.2) is 9.78 Å². The Kier molecular flexibility index (Phi) is 5.14. The van der Waals surface area contributed by atoms with Gasteiger partial charge in [-0.2, -0.15) is 0 Å². The summed E-state index contributed by atoms with van der Waals surface area (Å²) >= 11 is 0. The number of hydrogen-bond acceptors (Lipinski definition) is 5. The Balaban J connectivity index is 1.42. The first-order valence-electron chi connectivity index (χ1n) is 9.51. The van der Waals surface area contributed by atoms with Crippen LogP contribution in [0, 0.1) is 5.92 Å². The molecule has 1 amide bonds. The van der Waals surface area contributed by atoms with Crippen molar-refractivity contribution in [2.45, 2.75) is 50.8 Å². The minimum Gasteiger partial charge on any atom is -0.445 e. The van der Waals surface area contributed by atoms with E-state index >= 15 is 0 Å². The molecule has 0 saturated carbocycles. The first-order valence-corrected chi connectivity index (χ1v) is 9.51. The van der Waals surface area contributed by atoms with Crippen LogP contribution in [0.4, 0.5) is 4.79 Å². The quantitative estimate of drug-likeness (QED) is 0.774. The Bertz CT molecular complexity index is 783. The van der Waals surface area contributed by atoms with Crippen molar-refractivity contribution in [2.24, 2.45) is 5.92 Å². The number of aromatic nitrogens is 2. The second-order valence-electron chi connectivity index (χ2n) is 7.31. The van der Waals surface area contributed by atoms with Gasteiger partial charge in [0, 0.05) is 30.4 Å². The van der Waals surface area contributed by atoms with Gasteiger partial charge in [-0.3, -0.25) is 9.78 Å². The molecule has 0 N–H and O–H groups in total. The molecule has 6 heteroatoms. The number of fused-ring (bicyclic) bond motifs is 2. The molecule has 2 unspecified atom stereocenters. The van der Waals surface area contributed by atoms with E-state index in [1.807, 2.05) is 35.2 Å². The molecule has 1 aromatic heterocycles. The van der Waals surface area contributed by atoms with E-state index in [0.29, 0.717) is 18.5 Å². The number of amides is 1. The number of benzene rings is 1. The number of ether oxygens (including phenoxy) is 1. The van der Waals surface area contributed by atoms with Gasteiger partial charge >= 0.3 is 6.09 Å². The summed E-state index contributed by atoms with van der Waals surface area (Å²) in [4.78, 5) is 35.5. The molecule has 0 aliphatic carbocycles. The number of rotatable bonds is 4. The third kappa shape index (κ3) is 3.84. The summed E-state index contributed by atoms with van der Waals surface area (Å²) in [6, 6.07) is 9.81. The van der Waals surface area contributed by atoms with Crippen LogP contribution < -0.4 is 0 Å². The molecule has 140 valence electrons. The van der Waals surface area contributed by atoms with Gasteiger partial charge in [0.2, 0.25) is 0 Å². The smallest absolute Gasteiger partial charge is 0.410 e. The standard InChI is InChI=1S/C21H23N3O3/c25-20(19-13-22-9-10-23-19)16-11-17-7-4-8-18(12-16)24(17)21(26)27-14-15-5-2-1-3-6-15/h1-3,5-6,9-10,13,16-18H,4,7-8,11-12,14H2. The van der Waals surface area contributed by atoms with Gasteiger partial charge in [-0.15, -0.1) is 0 Å². The van der Waals surface area contributed by atoms with Crippen molar-refractivity contribution in [1.82, 2.24) is 14.9 Å². The van der Waals surface area contributed by atoms with Crippen molar-refractivity contribution in [3.05, 3.63) is 60.2 Å². The van der Waals surface area contributed by atoms with E-state index in [-0.39, 0.29) is 36.5 Å². The van der Waals surface area contributed by atoms with Crippen LogP contribution in [0.2, 0.25) is 0 Å². The first kappa shape index (κ1) is 17.6. The summed E-state index contributed by atoms with van der Waals surface area (Å²) in [6.45, 7) is 0.275. The van der Waals surface area contributed by atoms with Gasteiger partial charge in [-0.1, -0.05) is 30.3 Å². The van der Waals surface area contributed by atoms with Gasteiger partial charge in [-0.05, 0) is 37.7 Å². The zero-order chi connectivity index (χ0) is 18.6. The molecule has 2 fully saturated rings. The molecule has 2 aromatic rings. The van der Waals surface area contributed by atoms with Crippen molar-refractivity contribution < 1.29 is 14.3 Å². The number of ketones is 1. The highest BCUT2D eigenvalue weighted by Crippen LogP contribution is 2.38. The summed E-state index contributed by atoms with van der Waals surface area (Å²) in [5.74, 6) is -0.0625. The molecule has 2 atom stereocenters. The van der Waals surface area contributed by atoms with Gasteiger partial charge in [0.25, 0.3) is 0 Å². The Labute approximate surface area is 158 Å². The van der Waals surface area contributed by atoms with E-state index in [4.69, 9.17) is 4.74 Å². The second kappa shape index (κ2) is 7.86. The second-order valence-corrected chi connectivity index (χ2v) is 7.31. The predicted molar refractivity (Wildman–Crippen MR) is 99.0 cm³/mol. The van der Waals surface area contributed by atoms with Crippen molar-refractivity contribution in [1.29, 1.82) is 0 Å². The fraction of sp³-hybridized carbons (Fsp3) is 0.429. The topological polar surface area (TPSA) is 72.4 Å². The molecule has 1 aromatic carbocycles. The maximum atomic E-state index is 12.8. The Hall–Kier alpha value is -2.76. The molecule has 0 spiro atoms. The number of Topliss-reactive ketones (excluding diaryl/α,β-unsaturated/α-hetero) is 1. The molecular weight excluding hydrogens is 342 g/mol. The minimum atomic E-state index is -0.265. The van der Waals surface area contributed by atoms with Crippen molar-refractivity contribution in [2.75, 3.05) is 0 Å². The predicted octanol–water partition coefficient (Wildman–Crippen LogP) is 3.63. The van der Waals surface area contributed by atoms with E-state index in [2.05, 4.69) is 9.97 Å². The van der Waals surface area contributed by atoms with Crippen LogP contribution in [0.25, 0.3) is 0 Å². The van der Waals surface area contributed by atoms with Gasteiger partial charge in [0.05, 0.1) is 6.20 Å². The van der Waals surface area contributed by atoms with Gasteiger partial charge < -0.3 is 9.64 Å². The third-order valence-corrected chi connectivity index (χ3v) is 5.58. The zero-order valence-electron chi connectivity index (χ0n) is 15.2. The number of hydrogen-bond donors (Lipinski definition) is 0. The van der Waals surface area contributed by atoms with E-state index < -0.39 is 0 Å². The minimum absolute atomic E-state index is 0.0392. The zero-order valence-corrected chi connectivity index (χ0v) is 15.2. The lowest BCUT2D eigenvalue weighted by atomic mass is 9.76. The normalized spacial score (nSPS) is 24.3. The molecule has 2 bridgehead atoms. The lowest BCUT2D eigenvalue weighted by Crippen LogP contribution is -2.55. The Morgan fingerprint density at radius 2 is 1.81 bits per heavy atom. The van der Waals surface area contributed by atoms with Gasteiger partial charge in [0.15, 0.2) is 5.78 Å². The molecule has 0 radical (unpaired) electrons. The fourth-order valence-electron chi connectivity index (χ4n) is 4.32. The number of carbonyl (C=O) groups excluding carboxylic acids is 2. The molecule has 4 rings (SSSR count). The molecule has 2 aliphatic heterocycles. The molecule has 6 nitrogen and oxygen atoms in total. The summed E-state index contributed by atoms with van der Waals surface area (Å²) in [5, 5.41) is 0. The lowest BCUT2D eigenvalue weighted by molar-refractivity contribution is 0.00462. The lowest BCUT2D eigenvalue weighted by Gasteiger charge is -2.47. The van der Waals surface area contributed by atoms with E-state index in [0.717, 1.165) is 24.8 Å². The maximum Gasteiger partial charge on any atom is 0.410 e. The maximum absolute atomic E-state index is 12.8. The molecule has 2 aliphatic rings. The third-order valence-electron chi connectivity index (χ3n) is 5.58. The molecule has 2 saturated heterocycles. The molecule has 27 heavy (non-hydrogen) atoms. The van der Waals surface area contributed by atoms with Crippen molar-refractivity contribution in [3.63, 3.8) is 0 Å². The largest absolute Gasteiger partial charge is 0.445 e. The Morgan fingerprint density at radius 3 is 2.48 bits per heavy atom. The average molecular weight is 365 g/mol. The monoisotopic (exact) mass is 365 g/mol. The van der Waals surface area contributed by atoms with Crippen molar-refractivity contribution >= 4 is 11.9 Å². The fourth-order valence-corrected chi connectivity index (χ4v) is 4.32. The van der Waals surface area contributed by atoms with Crippen LogP contribution in [-0.4, -0.2) is 38.8 Å². The van der Waals surface area contributed by atoms with Crippen LogP contribution in [0.3, 0.4) is 0 Å². The highest BCUT2D eigenvalue weighted by atomic mass is 16.6. The average Bonchev–Trinajstić information content (AvgIpc) is 2.72. The highest BCUT2D eigenvalue weighted by Gasteiger charge is 2.44.